The number of rotatable bonds is 9. The number of alkyl halides is 3. The maximum absolute atomic E-state index is 12.9. The highest BCUT2D eigenvalue weighted by Gasteiger charge is 2.37. The van der Waals surface area contributed by atoms with Crippen LogP contribution < -0.4 is 20.5 Å². The highest BCUT2D eigenvalue weighted by Crippen LogP contribution is 2.33. The summed E-state index contributed by atoms with van der Waals surface area (Å²) in [5.74, 6) is -2.05. The van der Waals surface area contributed by atoms with E-state index in [0.29, 0.717) is 36.0 Å². The minimum atomic E-state index is -4.81. The van der Waals surface area contributed by atoms with Gasteiger partial charge >= 0.3 is 6.36 Å². The Morgan fingerprint density at radius 2 is 1.45 bits per heavy atom. The summed E-state index contributed by atoms with van der Waals surface area (Å²) in [5, 5.41) is 10.9. The third-order valence-corrected chi connectivity index (χ3v) is 7.68. The summed E-state index contributed by atoms with van der Waals surface area (Å²) in [6, 6.07) is 18.8. The van der Waals surface area contributed by atoms with Crippen molar-refractivity contribution in [3.8, 4) is 16.9 Å². The quantitative estimate of drug-likeness (QED) is 0.352. The molecule has 0 aromatic heterocycles. The SMILES string of the molecule is NS(=O)(=O)c1ccccc1-c1ccc(CNC(=O)C2CCC[C@H]2C(=O)NCc2cccc(OC(F)(F)F)c2)cc1. The topological polar surface area (TPSA) is 128 Å². The van der Waals surface area contributed by atoms with Gasteiger partial charge in [0.1, 0.15) is 5.75 Å². The molecule has 0 aliphatic heterocycles. The van der Waals surface area contributed by atoms with Gasteiger partial charge in [-0.25, -0.2) is 13.6 Å². The lowest BCUT2D eigenvalue weighted by atomic mass is 9.94. The number of benzene rings is 3. The minimum Gasteiger partial charge on any atom is -0.406 e. The highest BCUT2D eigenvalue weighted by atomic mass is 32.2. The second-order valence-electron chi connectivity index (χ2n) is 9.51. The van der Waals surface area contributed by atoms with Crippen LogP contribution in [-0.4, -0.2) is 26.6 Å². The third-order valence-electron chi connectivity index (χ3n) is 6.71. The molecule has 1 fully saturated rings. The molecule has 40 heavy (non-hydrogen) atoms. The Hall–Kier alpha value is -3.90. The number of carbonyl (C=O) groups is 2. The molecule has 12 heteroatoms. The number of ether oxygens (including phenoxy) is 1. The van der Waals surface area contributed by atoms with E-state index in [4.69, 9.17) is 5.14 Å². The molecule has 3 aromatic carbocycles. The van der Waals surface area contributed by atoms with Crippen LogP contribution in [0.15, 0.2) is 77.7 Å². The Bertz CT molecular complexity index is 1480. The van der Waals surface area contributed by atoms with Crippen LogP contribution in [0.4, 0.5) is 13.2 Å². The summed E-state index contributed by atoms with van der Waals surface area (Å²) in [6.07, 6.45) is -3.04. The molecule has 0 bridgehead atoms. The van der Waals surface area contributed by atoms with Crippen molar-refractivity contribution in [3.63, 3.8) is 0 Å². The molecule has 4 N–H and O–H groups in total. The predicted molar refractivity (Wildman–Crippen MR) is 141 cm³/mol. The maximum atomic E-state index is 12.9. The van der Waals surface area contributed by atoms with E-state index in [-0.39, 0.29) is 35.5 Å². The molecule has 212 valence electrons. The Kier molecular flexibility index (Phi) is 8.79. The van der Waals surface area contributed by atoms with Crippen LogP contribution in [0.1, 0.15) is 30.4 Å². The van der Waals surface area contributed by atoms with Crippen molar-refractivity contribution in [1.82, 2.24) is 10.6 Å². The molecule has 0 spiro atoms. The summed E-state index contributed by atoms with van der Waals surface area (Å²) >= 11 is 0. The number of halogens is 3. The van der Waals surface area contributed by atoms with Crippen LogP contribution in [0.5, 0.6) is 5.75 Å². The van der Waals surface area contributed by atoms with Gasteiger partial charge in [0.05, 0.1) is 4.90 Å². The van der Waals surface area contributed by atoms with Crippen LogP contribution >= 0.6 is 0 Å². The Morgan fingerprint density at radius 3 is 2.05 bits per heavy atom. The van der Waals surface area contributed by atoms with Gasteiger partial charge in [-0.1, -0.05) is 61.0 Å². The zero-order valence-electron chi connectivity index (χ0n) is 21.3. The molecule has 3 aromatic rings. The van der Waals surface area contributed by atoms with Crippen LogP contribution in [-0.2, 0) is 32.7 Å². The first kappa shape index (κ1) is 29.1. The van der Waals surface area contributed by atoms with Crippen LogP contribution in [0, 0.1) is 11.8 Å². The minimum absolute atomic E-state index is 0.000333. The number of primary sulfonamides is 1. The molecule has 1 saturated carbocycles. The molecule has 2 atom stereocenters. The first-order valence-corrected chi connectivity index (χ1v) is 14.1. The van der Waals surface area contributed by atoms with Crippen molar-refractivity contribution in [1.29, 1.82) is 0 Å². The fourth-order valence-electron chi connectivity index (χ4n) is 4.84. The molecule has 0 radical (unpaired) electrons. The molecule has 0 heterocycles. The lowest BCUT2D eigenvalue weighted by Crippen LogP contribution is -2.39. The summed E-state index contributed by atoms with van der Waals surface area (Å²) in [6.45, 7) is 0.215. The van der Waals surface area contributed by atoms with Crippen molar-refractivity contribution >= 4 is 21.8 Å². The van der Waals surface area contributed by atoms with E-state index < -0.39 is 28.2 Å². The van der Waals surface area contributed by atoms with Gasteiger partial charge in [-0.05, 0) is 47.7 Å². The highest BCUT2D eigenvalue weighted by molar-refractivity contribution is 7.89. The first-order valence-electron chi connectivity index (χ1n) is 12.5. The number of sulfonamides is 1. The van der Waals surface area contributed by atoms with Crippen LogP contribution in [0.25, 0.3) is 11.1 Å². The van der Waals surface area contributed by atoms with E-state index in [1.54, 1.807) is 48.5 Å². The number of hydrogen-bond donors (Lipinski definition) is 3. The lowest BCUT2D eigenvalue weighted by molar-refractivity contribution is -0.274. The fraction of sp³-hybridized carbons (Fsp3) is 0.286. The first-order chi connectivity index (χ1) is 18.9. The average molecular weight is 576 g/mol. The summed E-state index contributed by atoms with van der Waals surface area (Å²) in [7, 11) is -3.90. The van der Waals surface area contributed by atoms with Crippen molar-refractivity contribution in [2.24, 2.45) is 17.0 Å². The Balaban J connectivity index is 1.32. The molecule has 2 amide bonds. The molecule has 8 nitrogen and oxygen atoms in total. The average Bonchev–Trinajstić information content (AvgIpc) is 3.40. The van der Waals surface area contributed by atoms with Gasteiger partial charge in [0.25, 0.3) is 0 Å². The van der Waals surface area contributed by atoms with Gasteiger partial charge in [0.2, 0.25) is 21.8 Å². The second-order valence-corrected chi connectivity index (χ2v) is 11.0. The maximum Gasteiger partial charge on any atom is 0.573 e. The number of hydrogen-bond acceptors (Lipinski definition) is 5. The largest absolute Gasteiger partial charge is 0.573 e. The normalized spacial score (nSPS) is 17.3. The monoisotopic (exact) mass is 575 g/mol. The van der Waals surface area contributed by atoms with Gasteiger partial charge in [0.15, 0.2) is 0 Å². The molecular weight excluding hydrogens is 547 g/mol. The molecule has 0 saturated heterocycles. The van der Waals surface area contributed by atoms with Crippen molar-refractivity contribution in [2.75, 3.05) is 0 Å². The van der Waals surface area contributed by atoms with E-state index in [1.165, 1.54) is 24.3 Å². The fourth-order valence-corrected chi connectivity index (χ4v) is 5.60. The lowest BCUT2D eigenvalue weighted by Gasteiger charge is -2.19. The third kappa shape index (κ3) is 7.60. The van der Waals surface area contributed by atoms with Crippen molar-refractivity contribution < 1.29 is 35.9 Å². The van der Waals surface area contributed by atoms with E-state index in [0.717, 1.165) is 5.56 Å². The van der Waals surface area contributed by atoms with E-state index in [2.05, 4.69) is 15.4 Å². The molecule has 1 aliphatic rings. The Morgan fingerprint density at radius 1 is 0.850 bits per heavy atom. The van der Waals surface area contributed by atoms with Crippen LogP contribution in [0.2, 0.25) is 0 Å². The summed E-state index contributed by atoms with van der Waals surface area (Å²) < 4.78 is 65.1. The van der Waals surface area contributed by atoms with Gasteiger partial charge < -0.3 is 15.4 Å². The smallest absolute Gasteiger partial charge is 0.406 e. The predicted octanol–water partition coefficient (Wildman–Crippen LogP) is 4.25. The number of carbonyl (C=O) groups excluding carboxylic acids is 2. The molecular formula is C28H28F3N3O5S. The zero-order chi connectivity index (χ0) is 28.9. The van der Waals surface area contributed by atoms with Gasteiger partial charge in [-0.15, -0.1) is 13.2 Å². The number of nitrogens with one attached hydrogen (secondary N) is 2. The molecule has 1 unspecified atom stereocenters. The van der Waals surface area contributed by atoms with Gasteiger partial charge in [-0.2, -0.15) is 0 Å². The van der Waals surface area contributed by atoms with Crippen LogP contribution in [0.3, 0.4) is 0 Å². The second kappa shape index (κ2) is 12.1. The molecule has 1 aliphatic carbocycles. The van der Waals surface area contributed by atoms with E-state index in [9.17, 15) is 31.2 Å². The standard InChI is InChI=1S/C28H28F3N3O5S/c29-28(30,31)39-21-6-3-5-19(15-21)17-34-27(36)24-9-4-8-23(24)26(35)33-16-18-11-13-20(14-12-18)22-7-1-2-10-25(22)40(32,37)38/h1-3,5-7,10-15,23-24H,4,8-9,16-17H2,(H,33,35)(H,34,36)(H2,32,37,38)/t23?,24-/m1/s1. The number of amides is 2. The molecule has 4 rings (SSSR count). The zero-order valence-corrected chi connectivity index (χ0v) is 22.1. The van der Waals surface area contributed by atoms with E-state index >= 15 is 0 Å². The van der Waals surface area contributed by atoms with Gasteiger partial charge in [-0.3, -0.25) is 9.59 Å². The van der Waals surface area contributed by atoms with Crippen molar-refractivity contribution in [2.45, 2.75) is 43.6 Å². The van der Waals surface area contributed by atoms with E-state index in [1.807, 2.05) is 0 Å². The summed E-state index contributed by atoms with van der Waals surface area (Å²) in [4.78, 5) is 25.8. The Labute approximate surface area is 229 Å². The van der Waals surface area contributed by atoms with Gasteiger partial charge in [0, 0.05) is 30.5 Å². The summed E-state index contributed by atoms with van der Waals surface area (Å²) in [5.41, 5.74) is 2.34. The van der Waals surface area contributed by atoms with Crippen molar-refractivity contribution in [3.05, 3.63) is 83.9 Å². The number of nitrogens with two attached hydrogens (primary N) is 1.